The number of fused-ring (bicyclic) bond motifs is 2. The second-order valence-corrected chi connectivity index (χ2v) is 10.1. The Kier molecular flexibility index (Phi) is 6.10. The second-order valence-electron chi connectivity index (χ2n) is 9.53. The van der Waals surface area contributed by atoms with Gasteiger partial charge in [-0.1, -0.05) is 0 Å². The van der Waals surface area contributed by atoms with Crippen LogP contribution in [0.2, 0.25) is 0 Å². The molecule has 6 unspecified atom stereocenters. The zero-order valence-electron chi connectivity index (χ0n) is 16.8. The first kappa shape index (κ1) is 20.8. The Morgan fingerprint density at radius 1 is 1.00 bits per heavy atom. The largest absolute Gasteiger partial charge is 0.387 e. The van der Waals surface area contributed by atoms with Crippen molar-refractivity contribution in [1.82, 2.24) is 15.5 Å². The van der Waals surface area contributed by atoms with Crippen molar-refractivity contribution >= 4 is 11.6 Å². The maximum atomic E-state index is 11.0. The van der Waals surface area contributed by atoms with Crippen molar-refractivity contribution in [3.05, 3.63) is 0 Å². The minimum atomic E-state index is -0.957. The smallest absolute Gasteiger partial charge is 0.141 e. The molecular formula is C20H35ClN4O4. The van der Waals surface area contributed by atoms with E-state index < -0.39 is 24.5 Å². The summed E-state index contributed by atoms with van der Waals surface area (Å²) in [5, 5.41) is 28.8. The highest BCUT2D eigenvalue weighted by molar-refractivity contribution is 6.20. The molecule has 4 aliphatic heterocycles. The molecule has 0 bridgehead atoms. The molecule has 4 saturated heterocycles. The third kappa shape index (κ3) is 3.75. The zero-order valence-corrected chi connectivity index (χ0v) is 17.6. The van der Waals surface area contributed by atoms with Gasteiger partial charge in [0.2, 0.25) is 0 Å². The van der Waals surface area contributed by atoms with Gasteiger partial charge in [-0.25, -0.2) is 0 Å². The van der Waals surface area contributed by atoms with Crippen molar-refractivity contribution in [2.45, 2.75) is 86.9 Å². The summed E-state index contributed by atoms with van der Waals surface area (Å²) in [6.45, 7) is 2.08. The Bertz CT molecular complexity index is 589. The number of aliphatic hydroxyl groups is 2. The number of nitrogens with two attached hydrogens (primary N) is 1. The van der Waals surface area contributed by atoms with Crippen LogP contribution in [-0.2, 0) is 9.47 Å². The number of likely N-dealkylation sites (tertiary alicyclic amines) is 1. The molecule has 0 amide bonds. The minimum Gasteiger partial charge on any atom is -0.387 e. The molecule has 5 aliphatic rings. The van der Waals surface area contributed by atoms with Crippen LogP contribution >= 0.6 is 11.6 Å². The highest BCUT2D eigenvalue weighted by Crippen LogP contribution is 2.44. The number of halogens is 1. The summed E-state index contributed by atoms with van der Waals surface area (Å²) in [5.41, 5.74) is 6.23. The molecule has 0 spiro atoms. The summed E-state index contributed by atoms with van der Waals surface area (Å²) in [6.07, 6.45) is 2.86. The Hall–Kier alpha value is -0.0300. The third-order valence-corrected chi connectivity index (χ3v) is 8.34. The van der Waals surface area contributed by atoms with Crippen molar-refractivity contribution < 1.29 is 19.7 Å². The molecule has 6 N–H and O–H groups in total. The first-order valence-corrected chi connectivity index (χ1v) is 11.7. The molecule has 1 aliphatic carbocycles. The zero-order chi connectivity index (χ0) is 20.1. The van der Waals surface area contributed by atoms with E-state index in [0.29, 0.717) is 25.1 Å². The van der Waals surface area contributed by atoms with E-state index in [2.05, 4.69) is 15.5 Å². The molecule has 0 radical (unpaired) electrons. The van der Waals surface area contributed by atoms with E-state index >= 15 is 0 Å². The van der Waals surface area contributed by atoms with Gasteiger partial charge < -0.3 is 25.4 Å². The number of nitrogens with zero attached hydrogens (tertiary/aromatic N) is 1. The highest BCUT2D eigenvalue weighted by Gasteiger charge is 2.55. The van der Waals surface area contributed by atoms with Gasteiger partial charge in [0.05, 0.1) is 18.4 Å². The summed E-state index contributed by atoms with van der Waals surface area (Å²) in [7, 11) is 0. The van der Waals surface area contributed by atoms with Crippen LogP contribution in [0.3, 0.4) is 0 Å². The summed E-state index contributed by atoms with van der Waals surface area (Å²) >= 11 is 6.44. The van der Waals surface area contributed by atoms with Gasteiger partial charge in [0.25, 0.3) is 0 Å². The number of hydrogen-bond acceptors (Lipinski definition) is 8. The summed E-state index contributed by atoms with van der Waals surface area (Å²) in [5.74, 6) is 1.09. The van der Waals surface area contributed by atoms with E-state index in [4.69, 9.17) is 26.8 Å². The van der Waals surface area contributed by atoms with Gasteiger partial charge in [-0.05, 0) is 50.4 Å². The normalized spacial score (nSPS) is 54.0. The van der Waals surface area contributed by atoms with Crippen LogP contribution in [0, 0.1) is 17.8 Å². The van der Waals surface area contributed by atoms with Crippen LogP contribution in [0.25, 0.3) is 0 Å². The number of ether oxygens (including phenoxy) is 2. The van der Waals surface area contributed by atoms with Gasteiger partial charge >= 0.3 is 0 Å². The van der Waals surface area contributed by atoms with Gasteiger partial charge in [-0.3, -0.25) is 15.5 Å². The van der Waals surface area contributed by atoms with Crippen LogP contribution in [0.5, 0.6) is 0 Å². The first-order chi connectivity index (χ1) is 14.0. The number of hydrogen-bond donors (Lipinski definition) is 5. The van der Waals surface area contributed by atoms with Crippen molar-refractivity contribution in [1.29, 1.82) is 0 Å². The monoisotopic (exact) mass is 430 g/mol. The van der Waals surface area contributed by atoms with Crippen LogP contribution in [-0.4, -0.2) is 83.3 Å². The molecule has 1 saturated carbocycles. The number of aliphatic hydroxyl groups excluding tert-OH is 2. The number of rotatable bonds is 2. The van der Waals surface area contributed by atoms with Crippen LogP contribution in [0.4, 0.5) is 0 Å². The summed E-state index contributed by atoms with van der Waals surface area (Å²) in [4.78, 5) is 2.14. The Balaban J connectivity index is 1.33. The van der Waals surface area contributed by atoms with Gasteiger partial charge in [-0.15, -0.1) is 11.6 Å². The average molecular weight is 431 g/mol. The predicted octanol–water partition coefficient (Wildman–Crippen LogP) is -0.281. The number of alkyl halides is 1. The van der Waals surface area contributed by atoms with Crippen LogP contribution < -0.4 is 16.4 Å². The van der Waals surface area contributed by atoms with Crippen molar-refractivity contribution in [2.75, 3.05) is 19.8 Å². The molecule has 5 fully saturated rings. The molecule has 0 aromatic carbocycles. The minimum absolute atomic E-state index is 0.0475. The third-order valence-electron chi connectivity index (χ3n) is 7.95. The van der Waals surface area contributed by atoms with Crippen LogP contribution in [0.1, 0.15) is 38.5 Å². The molecule has 9 heteroatoms. The first-order valence-electron chi connectivity index (χ1n) is 11.3. The quantitative estimate of drug-likeness (QED) is 0.380. The molecular weight excluding hydrogens is 396 g/mol. The predicted molar refractivity (Wildman–Crippen MR) is 108 cm³/mol. The van der Waals surface area contributed by atoms with E-state index in [1.807, 2.05) is 0 Å². The standard InChI is InChI=1S/C20H35ClN4O4/c21-11-3-4-12-10(8-11)2-1-7-28-16(12)17-14(26)15(27)20(29-17)25-6-5-13-18(22)23-9-24-19(13)25/h10-20,23-24,26-27H,1-9,22H2/t10?,11?,12?,13?,14-,15+,16+,17-,18?,19?,20+/m0/s1. The molecule has 29 heavy (non-hydrogen) atoms. The van der Waals surface area contributed by atoms with Crippen molar-refractivity contribution in [3.8, 4) is 0 Å². The number of nitrogens with one attached hydrogen (secondary N) is 2. The summed E-state index contributed by atoms with van der Waals surface area (Å²) in [6, 6.07) is 0. The highest BCUT2D eigenvalue weighted by atomic mass is 35.5. The maximum Gasteiger partial charge on any atom is 0.141 e. The van der Waals surface area contributed by atoms with Crippen LogP contribution in [0.15, 0.2) is 0 Å². The van der Waals surface area contributed by atoms with Gasteiger partial charge in [-0.2, -0.15) is 0 Å². The second kappa shape index (κ2) is 8.48. The maximum absolute atomic E-state index is 11.0. The van der Waals surface area contributed by atoms with Gasteiger partial charge in [0, 0.05) is 31.1 Å². The Morgan fingerprint density at radius 3 is 2.72 bits per heavy atom. The van der Waals surface area contributed by atoms with Gasteiger partial charge in [0.15, 0.2) is 0 Å². The van der Waals surface area contributed by atoms with E-state index in [9.17, 15) is 10.2 Å². The molecule has 166 valence electrons. The van der Waals surface area contributed by atoms with Gasteiger partial charge in [0.1, 0.15) is 24.5 Å². The molecule has 0 aromatic heterocycles. The fourth-order valence-corrected chi connectivity index (χ4v) is 6.81. The fraction of sp³-hybridized carbons (Fsp3) is 1.00. The van der Waals surface area contributed by atoms with E-state index in [0.717, 1.165) is 45.1 Å². The lowest BCUT2D eigenvalue weighted by Gasteiger charge is -2.40. The SMILES string of the molecule is NC1NCNC2C1CCN2[C@@H]1O[C@H]([C@@H]2OCCCC3CC(Cl)CCC32)[C@@H](O)[C@H]1O. The molecule has 8 nitrogen and oxygen atoms in total. The average Bonchev–Trinajstić information content (AvgIpc) is 3.18. The molecule has 5 rings (SSSR count). The molecule has 0 aromatic rings. The van der Waals surface area contributed by atoms with Crippen molar-refractivity contribution in [3.63, 3.8) is 0 Å². The Labute approximate surface area is 177 Å². The topological polar surface area (TPSA) is 112 Å². The lowest BCUT2D eigenvalue weighted by molar-refractivity contribution is -0.152. The van der Waals surface area contributed by atoms with E-state index in [1.165, 1.54) is 0 Å². The fourth-order valence-electron chi connectivity index (χ4n) is 6.46. The van der Waals surface area contributed by atoms with E-state index in [1.54, 1.807) is 0 Å². The summed E-state index contributed by atoms with van der Waals surface area (Å²) < 4.78 is 12.6. The lowest BCUT2D eigenvalue weighted by Crippen LogP contribution is -2.64. The molecule has 4 heterocycles. The molecule has 11 atom stereocenters. The van der Waals surface area contributed by atoms with E-state index in [-0.39, 0.29) is 29.7 Å². The van der Waals surface area contributed by atoms with Crippen molar-refractivity contribution in [2.24, 2.45) is 23.5 Å². The Morgan fingerprint density at radius 2 is 1.86 bits per heavy atom. The lowest BCUT2D eigenvalue weighted by atomic mass is 9.73.